The SMILES string of the molecule is COc1ccc2c(C)c(S(=O)(=O)NC(CC(=O)NC3CCOc4cc(CNCCC(C)C)ccc43)c3ccccc3)sc2c1. The highest BCUT2D eigenvalue weighted by Crippen LogP contribution is 2.37. The summed E-state index contributed by atoms with van der Waals surface area (Å²) in [6, 6.07) is 19.9. The van der Waals surface area contributed by atoms with Gasteiger partial charge in [-0.05, 0) is 72.1 Å². The van der Waals surface area contributed by atoms with Crippen LogP contribution in [0.25, 0.3) is 10.1 Å². The van der Waals surface area contributed by atoms with E-state index in [-0.39, 0.29) is 22.6 Å². The van der Waals surface area contributed by atoms with Gasteiger partial charge in [-0.1, -0.05) is 56.3 Å². The number of thiophene rings is 1. The van der Waals surface area contributed by atoms with Crippen LogP contribution in [0.3, 0.4) is 0 Å². The van der Waals surface area contributed by atoms with Crippen LogP contribution >= 0.6 is 11.3 Å². The number of ether oxygens (including phenoxy) is 2. The number of carbonyl (C=O) groups is 1. The fraction of sp³-hybridized carbons (Fsp3) is 0.382. The Kier molecular flexibility index (Phi) is 10.3. The third kappa shape index (κ3) is 7.61. The van der Waals surface area contributed by atoms with Crippen LogP contribution in [-0.2, 0) is 21.4 Å². The van der Waals surface area contributed by atoms with Gasteiger partial charge in [0, 0.05) is 29.6 Å². The predicted molar refractivity (Wildman–Crippen MR) is 176 cm³/mol. The summed E-state index contributed by atoms with van der Waals surface area (Å²) in [5, 5.41) is 7.49. The first-order chi connectivity index (χ1) is 21.1. The van der Waals surface area contributed by atoms with Crippen molar-refractivity contribution >= 4 is 37.4 Å². The number of methoxy groups -OCH3 is 1. The molecule has 1 aliphatic heterocycles. The molecule has 0 bridgehead atoms. The summed E-state index contributed by atoms with van der Waals surface area (Å²) >= 11 is 1.20. The number of carbonyl (C=O) groups excluding carboxylic acids is 1. The van der Waals surface area contributed by atoms with Crippen molar-refractivity contribution in [2.45, 2.75) is 62.9 Å². The molecule has 0 saturated heterocycles. The van der Waals surface area contributed by atoms with Crippen LogP contribution in [0.15, 0.2) is 70.9 Å². The zero-order chi connectivity index (χ0) is 31.3. The largest absolute Gasteiger partial charge is 0.497 e. The van der Waals surface area contributed by atoms with Crippen molar-refractivity contribution in [3.05, 3.63) is 89.0 Å². The Hall–Kier alpha value is -3.44. The zero-order valence-corrected chi connectivity index (χ0v) is 27.3. The maximum atomic E-state index is 13.8. The van der Waals surface area contributed by atoms with Gasteiger partial charge < -0.3 is 20.1 Å². The first-order valence-corrected chi connectivity index (χ1v) is 17.3. The maximum absolute atomic E-state index is 13.8. The Morgan fingerprint density at radius 2 is 1.89 bits per heavy atom. The first-order valence-electron chi connectivity index (χ1n) is 15.0. The van der Waals surface area contributed by atoms with E-state index in [4.69, 9.17) is 9.47 Å². The topological polar surface area (TPSA) is 106 Å². The van der Waals surface area contributed by atoms with Gasteiger partial charge in [-0.3, -0.25) is 4.79 Å². The minimum absolute atomic E-state index is 0.0500. The maximum Gasteiger partial charge on any atom is 0.250 e. The van der Waals surface area contributed by atoms with Crippen LogP contribution in [0, 0.1) is 12.8 Å². The molecular weight excluding hydrogens is 595 g/mol. The number of aryl methyl sites for hydroxylation is 1. The van der Waals surface area contributed by atoms with Crippen LogP contribution in [0.4, 0.5) is 0 Å². The number of sulfonamides is 1. The number of hydrogen-bond acceptors (Lipinski definition) is 7. The Bertz CT molecular complexity index is 1700. The highest BCUT2D eigenvalue weighted by Gasteiger charge is 2.29. The smallest absolute Gasteiger partial charge is 0.250 e. The zero-order valence-electron chi connectivity index (χ0n) is 25.7. The second-order valence-corrected chi connectivity index (χ2v) is 14.6. The van der Waals surface area contributed by atoms with Crippen molar-refractivity contribution in [3.8, 4) is 11.5 Å². The highest BCUT2D eigenvalue weighted by atomic mass is 32.2. The van der Waals surface area contributed by atoms with E-state index in [1.807, 2.05) is 60.7 Å². The number of hydrogen-bond donors (Lipinski definition) is 3. The van der Waals surface area contributed by atoms with Gasteiger partial charge in [0.05, 0.1) is 25.8 Å². The molecule has 44 heavy (non-hydrogen) atoms. The molecule has 3 aromatic carbocycles. The van der Waals surface area contributed by atoms with Gasteiger partial charge in [0.25, 0.3) is 10.0 Å². The van der Waals surface area contributed by atoms with E-state index in [1.54, 1.807) is 14.0 Å². The molecule has 8 nitrogen and oxygen atoms in total. The molecule has 1 aliphatic rings. The molecule has 2 heterocycles. The number of nitrogens with one attached hydrogen (secondary N) is 3. The molecule has 0 fully saturated rings. The summed E-state index contributed by atoms with van der Waals surface area (Å²) in [4.78, 5) is 13.5. The van der Waals surface area contributed by atoms with Crippen molar-refractivity contribution in [2.24, 2.45) is 5.92 Å². The lowest BCUT2D eigenvalue weighted by molar-refractivity contribution is -0.122. The molecule has 5 rings (SSSR count). The standard InChI is InChI=1S/C34H41N3O5S2/c1-22(2)14-16-35-21-24-10-12-28-29(15-17-42-31(28)18-24)36-33(38)20-30(25-8-6-5-7-9-25)37-44(39,40)34-23(3)27-13-11-26(41-4)19-32(27)43-34/h5-13,18-19,22,29-30,35,37H,14-17,20-21H2,1-4H3,(H,36,38). The third-order valence-electron chi connectivity index (χ3n) is 7.91. The van der Waals surface area contributed by atoms with Gasteiger partial charge >= 0.3 is 0 Å². The van der Waals surface area contributed by atoms with E-state index in [1.165, 1.54) is 11.3 Å². The minimum Gasteiger partial charge on any atom is -0.497 e. The van der Waals surface area contributed by atoms with Crippen LogP contribution in [-0.4, -0.2) is 34.6 Å². The summed E-state index contributed by atoms with van der Waals surface area (Å²) in [7, 11) is -2.36. The Morgan fingerprint density at radius 3 is 2.64 bits per heavy atom. The van der Waals surface area contributed by atoms with Gasteiger partial charge in [0.2, 0.25) is 5.91 Å². The normalized spacial score (nSPS) is 15.5. The lowest BCUT2D eigenvalue weighted by atomic mass is 9.98. The number of rotatable bonds is 13. The Morgan fingerprint density at radius 1 is 1.09 bits per heavy atom. The lowest BCUT2D eigenvalue weighted by Crippen LogP contribution is -2.36. The summed E-state index contributed by atoms with van der Waals surface area (Å²) in [5.41, 5.74) is 3.45. The second kappa shape index (κ2) is 14.1. The van der Waals surface area contributed by atoms with Gasteiger partial charge in [0.15, 0.2) is 0 Å². The van der Waals surface area contributed by atoms with Gasteiger partial charge in [-0.15, -0.1) is 11.3 Å². The summed E-state index contributed by atoms with van der Waals surface area (Å²) in [6.45, 7) is 8.44. The van der Waals surface area contributed by atoms with Gasteiger partial charge in [-0.25, -0.2) is 13.1 Å². The van der Waals surface area contributed by atoms with Crippen LogP contribution in [0.1, 0.15) is 67.4 Å². The van der Waals surface area contributed by atoms with Crippen molar-refractivity contribution in [1.82, 2.24) is 15.4 Å². The van der Waals surface area contributed by atoms with Crippen molar-refractivity contribution in [1.29, 1.82) is 0 Å². The van der Waals surface area contributed by atoms with Gasteiger partial charge in [-0.2, -0.15) is 0 Å². The van der Waals surface area contributed by atoms with E-state index in [0.29, 0.717) is 35.8 Å². The lowest BCUT2D eigenvalue weighted by Gasteiger charge is -2.28. The van der Waals surface area contributed by atoms with Crippen molar-refractivity contribution < 1.29 is 22.7 Å². The molecule has 234 valence electrons. The fourth-order valence-electron chi connectivity index (χ4n) is 5.48. The minimum atomic E-state index is -3.94. The molecule has 2 unspecified atom stereocenters. The third-order valence-corrected chi connectivity index (χ3v) is 11.3. The molecular formula is C34H41N3O5S2. The van der Waals surface area contributed by atoms with Gasteiger partial charge in [0.1, 0.15) is 15.7 Å². The molecule has 0 radical (unpaired) electrons. The van der Waals surface area contributed by atoms with E-state index >= 15 is 0 Å². The summed E-state index contributed by atoms with van der Waals surface area (Å²) in [5.74, 6) is 1.86. The van der Waals surface area contributed by atoms with Crippen LogP contribution in [0.5, 0.6) is 11.5 Å². The second-order valence-electron chi connectivity index (χ2n) is 11.7. The number of amides is 1. The molecule has 3 N–H and O–H groups in total. The van der Waals surface area contributed by atoms with Crippen LogP contribution < -0.4 is 24.8 Å². The Balaban J connectivity index is 1.31. The van der Waals surface area contributed by atoms with Crippen molar-refractivity contribution in [3.63, 3.8) is 0 Å². The van der Waals surface area contributed by atoms with E-state index < -0.39 is 16.1 Å². The summed E-state index contributed by atoms with van der Waals surface area (Å²) in [6.07, 6.45) is 1.71. The number of fused-ring (bicyclic) bond motifs is 2. The van der Waals surface area contributed by atoms with E-state index in [9.17, 15) is 13.2 Å². The molecule has 1 aromatic heterocycles. The molecule has 4 aromatic rings. The monoisotopic (exact) mass is 635 g/mol. The first kappa shape index (κ1) is 32.0. The molecule has 0 spiro atoms. The highest BCUT2D eigenvalue weighted by molar-refractivity contribution is 7.91. The molecule has 0 saturated carbocycles. The van der Waals surface area contributed by atoms with E-state index in [0.717, 1.165) is 46.5 Å². The fourth-order valence-corrected chi connectivity index (χ4v) is 8.51. The van der Waals surface area contributed by atoms with E-state index in [2.05, 4.69) is 35.3 Å². The predicted octanol–water partition coefficient (Wildman–Crippen LogP) is 6.40. The Labute approximate surface area is 264 Å². The molecule has 1 amide bonds. The molecule has 10 heteroatoms. The summed E-state index contributed by atoms with van der Waals surface area (Å²) < 4.78 is 42.7. The average Bonchev–Trinajstić information content (AvgIpc) is 3.35. The number of benzene rings is 3. The molecule has 2 atom stereocenters. The quantitative estimate of drug-likeness (QED) is 0.147. The van der Waals surface area contributed by atoms with Crippen LogP contribution in [0.2, 0.25) is 0 Å². The average molecular weight is 636 g/mol. The van der Waals surface area contributed by atoms with Crippen molar-refractivity contribution in [2.75, 3.05) is 20.3 Å². The molecule has 0 aliphatic carbocycles.